The van der Waals surface area contributed by atoms with Crippen molar-refractivity contribution in [1.82, 2.24) is 9.78 Å². The fourth-order valence-electron chi connectivity index (χ4n) is 2.06. The van der Waals surface area contributed by atoms with Crippen molar-refractivity contribution in [3.63, 3.8) is 0 Å². The molecule has 0 aliphatic heterocycles. The van der Waals surface area contributed by atoms with Gasteiger partial charge in [-0.1, -0.05) is 40.2 Å². The van der Waals surface area contributed by atoms with Gasteiger partial charge in [0.05, 0.1) is 5.69 Å². The first-order valence-corrected chi connectivity index (χ1v) is 6.94. The maximum absolute atomic E-state index is 12.7. The van der Waals surface area contributed by atoms with Crippen LogP contribution in [0.2, 0.25) is 0 Å². The second kappa shape index (κ2) is 5.43. The molecule has 20 heavy (non-hydrogen) atoms. The highest BCUT2D eigenvalue weighted by molar-refractivity contribution is 9.10. The van der Waals surface area contributed by atoms with Crippen LogP contribution in [0.15, 0.2) is 71.5 Å². The lowest BCUT2D eigenvalue weighted by Gasteiger charge is -2.08. The summed E-state index contributed by atoms with van der Waals surface area (Å²) in [6.45, 7) is 0. The van der Waals surface area contributed by atoms with Gasteiger partial charge < -0.3 is 0 Å². The molecule has 0 N–H and O–H groups in total. The molecule has 0 saturated carbocycles. The zero-order valence-corrected chi connectivity index (χ0v) is 12.1. The molecule has 0 amide bonds. The largest absolute Gasteiger partial charge is 0.289 e. The predicted molar refractivity (Wildman–Crippen MR) is 81.1 cm³/mol. The number of benzene rings is 2. The first-order valence-electron chi connectivity index (χ1n) is 6.15. The molecule has 0 spiro atoms. The zero-order chi connectivity index (χ0) is 13.9. The van der Waals surface area contributed by atoms with Gasteiger partial charge in [-0.2, -0.15) is 5.10 Å². The molecular weight excluding hydrogens is 316 g/mol. The molecule has 0 aliphatic rings. The van der Waals surface area contributed by atoms with E-state index in [-0.39, 0.29) is 5.78 Å². The van der Waals surface area contributed by atoms with Crippen molar-refractivity contribution in [2.24, 2.45) is 0 Å². The molecule has 0 saturated heterocycles. The standard InChI is InChI=1S/C16H11BrN2O/c17-13-6-3-5-12(11-13)16(20)14-7-1-2-8-15(14)19-10-4-9-18-19/h1-11H. The van der Waals surface area contributed by atoms with E-state index in [1.807, 2.05) is 60.8 Å². The number of para-hydroxylation sites is 1. The third kappa shape index (κ3) is 2.42. The van der Waals surface area contributed by atoms with Crippen LogP contribution in [0.25, 0.3) is 5.69 Å². The summed E-state index contributed by atoms with van der Waals surface area (Å²) in [7, 11) is 0. The van der Waals surface area contributed by atoms with E-state index in [4.69, 9.17) is 0 Å². The average molecular weight is 327 g/mol. The molecule has 3 aromatic rings. The molecule has 3 nitrogen and oxygen atoms in total. The van der Waals surface area contributed by atoms with Crippen molar-refractivity contribution in [3.8, 4) is 5.69 Å². The van der Waals surface area contributed by atoms with E-state index >= 15 is 0 Å². The first-order chi connectivity index (χ1) is 9.75. The second-order valence-corrected chi connectivity index (χ2v) is 5.22. The summed E-state index contributed by atoms with van der Waals surface area (Å²) in [6, 6.07) is 16.7. The van der Waals surface area contributed by atoms with Gasteiger partial charge in [-0.15, -0.1) is 0 Å². The minimum atomic E-state index is -0.0163. The predicted octanol–water partition coefficient (Wildman–Crippen LogP) is 3.87. The number of carbonyl (C=O) groups is 1. The molecule has 98 valence electrons. The van der Waals surface area contributed by atoms with E-state index < -0.39 is 0 Å². The summed E-state index contributed by atoms with van der Waals surface area (Å²) < 4.78 is 2.59. The van der Waals surface area contributed by atoms with Gasteiger partial charge >= 0.3 is 0 Å². The summed E-state index contributed by atoms with van der Waals surface area (Å²) in [5.41, 5.74) is 2.07. The number of ketones is 1. The first kappa shape index (κ1) is 12.8. The van der Waals surface area contributed by atoms with Crippen molar-refractivity contribution in [1.29, 1.82) is 0 Å². The van der Waals surface area contributed by atoms with Crippen LogP contribution in [0, 0.1) is 0 Å². The Hall–Kier alpha value is -2.20. The van der Waals surface area contributed by atoms with Gasteiger partial charge in [-0.3, -0.25) is 4.79 Å². The van der Waals surface area contributed by atoms with Gasteiger partial charge in [0.25, 0.3) is 0 Å². The quantitative estimate of drug-likeness (QED) is 0.685. The summed E-state index contributed by atoms with van der Waals surface area (Å²) in [6.07, 6.45) is 3.52. The Balaban J connectivity index is 2.09. The molecule has 4 heteroatoms. The second-order valence-electron chi connectivity index (χ2n) is 4.31. The molecular formula is C16H11BrN2O. The van der Waals surface area contributed by atoms with Crippen LogP contribution >= 0.6 is 15.9 Å². The Labute approximate surface area is 125 Å². The van der Waals surface area contributed by atoms with E-state index in [9.17, 15) is 4.79 Å². The van der Waals surface area contributed by atoms with Gasteiger partial charge in [0.2, 0.25) is 0 Å². The zero-order valence-electron chi connectivity index (χ0n) is 10.5. The normalized spacial score (nSPS) is 10.4. The molecule has 0 bridgehead atoms. The van der Waals surface area contributed by atoms with Crippen molar-refractivity contribution in [3.05, 3.63) is 82.6 Å². The number of nitrogens with zero attached hydrogens (tertiary/aromatic N) is 2. The lowest BCUT2D eigenvalue weighted by Crippen LogP contribution is -2.07. The minimum Gasteiger partial charge on any atom is -0.289 e. The van der Waals surface area contributed by atoms with Crippen LogP contribution in [0.1, 0.15) is 15.9 Å². The number of carbonyl (C=O) groups excluding carboxylic acids is 1. The molecule has 1 heterocycles. The van der Waals surface area contributed by atoms with Gasteiger partial charge in [-0.05, 0) is 30.3 Å². The highest BCUT2D eigenvalue weighted by Crippen LogP contribution is 2.20. The SMILES string of the molecule is O=C(c1cccc(Br)c1)c1ccccc1-n1cccn1. The summed E-state index contributed by atoms with van der Waals surface area (Å²) in [5.74, 6) is -0.0163. The Morgan fingerprint density at radius 3 is 2.65 bits per heavy atom. The topological polar surface area (TPSA) is 34.9 Å². The fourth-order valence-corrected chi connectivity index (χ4v) is 2.46. The molecule has 0 radical (unpaired) electrons. The summed E-state index contributed by atoms with van der Waals surface area (Å²) in [5, 5.41) is 4.20. The van der Waals surface area contributed by atoms with Crippen molar-refractivity contribution in [2.45, 2.75) is 0 Å². The fraction of sp³-hybridized carbons (Fsp3) is 0. The third-order valence-electron chi connectivity index (χ3n) is 2.99. The minimum absolute atomic E-state index is 0.0163. The summed E-state index contributed by atoms with van der Waals surface area (Å²) >= 11 is 3.39. The maximum Gasteiger partial charge on any atom is 0.195 e. The molecule has 2 aromatic carbocycles. The lowest BCUT2D eigenvalue weighted by atomic mass is 10.0. The number of hydrogen-bond acceptors (Lipinski definition) is 2. The Morgan fingerprint density at radius 1 is 1.05 bits per heavy atom. The molecule has 0 fully saturated rings. The molecule has 0 aliphatic carbocycles. The van der Waals surface area contributed by atoms with Gasteiger partial charge in [0.15, 0.2) is 5.78 Å². The number of hydrogen-bond donors (Lipinski definition) is 0. The smallest absolute Gasteiger partial charge is 0.195 e. The van der Waals surface area contributed by atoms with E-state index in [2.05, 4.69) is 21.0 Å². The van der Waals surface area contributed by atoms with Gasteiger partial charge in [-0.25, -0.2) is 4.68 Å². The van der Waals surface area contributed by atoms with Crippen molar-refractivity contribution < 1.29 is 4.79 Å². The lowest BCUT2D eigenvalue weighted by molar-refractivity contribution is 0.103. The van der Waals surface area contributed by atoms with Crippen LogP contribution in [0.4, 0.5) is 0 Å². The van der Waals surface area contributed by atoms with E-state index in [1.54, 1.807) is 10.9 Å². The highest BCUT2D eigenvalue weighted by Gasteiger charge is 2.14. The van der Waals surface area contributed by atoms with E-state index in [1.165, 1.54) is 0 Å². The van der Waals surface area contributed by atoms with Crippen LogP contribution in [-0.4, -0.2) is 15.6 Å². The van der Waals surface area contributed by atoms with Crippen LogP contribution in [0.5, 0.6) is 0 Å². The Bertz CT molecular complexity index is 751. The molecule has 3 rings (SSSR count). The number of rotatable bonds is 3. The Morgan fingerprint density at radius 2 is 1.90 bits per heavy atom. The number of aromatic nitrogens is 2. The Kier molecular flexibility index (Phi) is 3.48. The molecule has 1 aromatic heterocycles. The third-order valence-corrected chi connectivity index (χ3v) is 3.48. The van der Waals surface area contributed by atoms with Gasteiger partial charge in [0.1, 0.15) is 0 Å². The average Bonchev–Trinajstić information content (AvgIpc) is 3.00. The molecule has 0 atom stereocenters. The summed E-state index contributed by atoms with van der Waals surface area (Å²) in [4.78, 5) is 12.7. The van der Waals surface area contributed by atoms with Crippen molar-refractivity contribution in [2.75, 3.05) is 0 Å². The van der Waals surface area contributed by atoms with E-state index in [0.717, 1.165) is 10.2 Å². The number of halogens is 1. The highest BCUT2D eigenvalue weighted by atomic mass is 79.9. The van der Waals surface area contributed by atoms with Crippen LogP contribution in [-0.2, 0) is 0 Å². The van der Waals surface area contributed by atoms with Crippen molar-refractivity contribution >= 4 is 21.7 Å². The maximum atomic E-state index is 12.7. The van der Waals surface area contributed by atoms with E-state index in [0.29, 0.717) is 11.1 Å². The van der Waals surface area contributed by atoms with Crippen LogP contribution in [0.3, 0.4) is 0 Å². The monoisotopic (exact) mass is 326 g/mol. The van der Waals surface area contributed by atoms with Gasteiger partial charge in [0, 0.05) is 28.0 Å². The van der Waals surface area contributed by atoms with Crippen LogP contribution < -0.4 is 0 Å². The molecule has 0 unspecified atom stereocenters.